The Morgan fingerprint density at radius 2 is 1.75 bits per heavy atom. The van der Waals surface area contributed by atoms with Gasteiger partial charge >= 0.3 is 6.18 Å². The zero-order chi connectivity index (χ0) is 26.8. The molecule has 0 aliphatic rings. The number of nitrogens with zero attached hydrogens (tertiary/aromatic N) is 2. The summed E-state index contributed by atoms with van der Waals surface area (Å²) in [4.78, 5) is 10.8. The quantitative estimate of drug-likeness (QED) is 0.394. The van der Waals surface area contributed by atoms with Crippen molar-refractivity contribution in [3.05, 3.63) is 82.0 Å². The molecule has 0 bridgehead atoms. The molecular formula is C26H24F3N3O3S. The van der Waals surface area contributed by atoms with E-state index in [1.165, 1.54) is 54.0 Å². The number of hydrogen-bond acceptors (Lipinski definition) is 4. The van der Waals surface area contributed by atoms with Crippen LogP contribution < -0.4 is 5.32 Å². The van der Waals surface area contributed by atoms with Crippen LogP contribution in [-0.4, -0.2) is 18.9 Å². The Morgan fingerprint density at radius 1 is 1.11 bits per heavy atom. The second-order valence-corrected chi connectivity index (χ2v) is 10.4. The molecular weight excluding hydrogens is 491 g/mol. The van der Waals surface area contributed by atoms with Crippen molar-refractivity contribution in [1.29, 1.82) is 5.26 Å². The van der Waals surface area contributed by atoms with Gasteiger partial charge in [-0.2, -0.15) is 18.4 Å². The number of nitrogens with one attached hydrogen (secondary N) is 1. The summed E-state index contributed by atoms with van der Waals surface area (Å²) in [6.45, 7) is 6.35. The van der Waals surface area contributed by atoms with Gasteiger partial charge in [0.25, 0.3) is 0 Å². The van der Waals surface area contributed by atoms with E-state index in [0.29, 0.717) is 17.0 Å². The minimum absolute atomic E-state index is 0.00433. The Bertz CT molecular complexity index is 1480. The number of halogens is 3. The highest BCUT2D eigenvalue weighted by Gasteiger charge is 2.35. The third-order valence-electron chi connectivity index (χ3n) is 5.51. The summed E-state index contributed by atoms with van der Waals surface area (Å²) in [5.41, 5.74) is -0.0354. The van der Waals surface area contributed by atoms with E-state index < -0.39 is 32.4 Å². The van der Waals surface area contributed by atoms with Gasteiger partial charge in [0.2, 0.25) is 15.7 Å². The van der Waals surface area contributed by atoms with E-state index in [2.05, 4.69) is 5.32 Å². The first-order valence-corrected chi connectivity index (χ1v) is 12.4. The number of carbonyl (C=O) groups is 1. The SMILES string of the molecule is CC(=O)Nc1ccc(-n2c(C(C)C)cc(/C=C(\C#N)S(=O)(=O)c3ccccc3)c2C)c(C(F)(F)F)c1. The van der Waals surface area contributed by atoms with Crippen molar-refractivity contribution in [2.45, 2.75) is 44.7 Å². The molecule has 0 aliphatic carbocycles. The van der Waals surface area contributed by atoms with Gasteiger partial charge in [-0.25, -0.2) is 8.42 Å². The lowest BCUT2D eigenvalue weighted by atomic mass is 10.1. The summed E-state index contributed by atoms with van der Waals surface area (Å²) in [6.07, 6.45) is -3.56. The molecule has 6 nitrogen and oxygen atoms in total. The van der Waals surface area contributed by atoms with Crippen LogP contribution in [0.15, 0.2) is 64.4 Å². The first-order chi connectivity index (χ1) is 16.8. The first-order valence-electron chi connectivity index (χ1n) is 10.9. The Labute approximate surface area is 207 Å². The van der Waals surface area contributed by atoms with Crippen LogP contribution in [0.1, 0.15) is 49.2 Å². The number of hydrogen-bond donors (Lipinski definition) is 1. The first kappa shape index (κ1) is 26.8. The van der Waals surface area contributed by atoms with Crippen LogP contribution in [-0.2, 0) is 20.8 Å². The molecule has 10 heteroatoms. The van der Waals surface area contributed by atoms with Crippen molar-refractivity contribution in [3.63, 3.8) is 0 Å². The Hall–Kier alpha value is -3.84. The van der Waals surface area contributed by atoms with Crippen molar-refractivity contribution in [3.8, 4) is 11.8 Å². The highest BCUT2D eigenvalue weighted by atomic mass is 32.2. The maximum Gasteiger partial charge on any atom is 0.418 e. The summed E-state index contributed by atoms with van der Waals surface area (Å²) in [7, 11) is -4.13. The zero-order valence-corrected chi connectivity index (χ0v) is 20.8. The molecule has 0 unspecified atom stereocenters. The van der Waals surface area contributed by atoms with E-state index in [1.54, 1.807) is 39.0 Å². The van der Waals surface area contributed by atoms with E-state index >= 15 is 0 Å². The van der Waals surface area contributed by atoms with Crippen LogP contribution >= 0.6 is 0 Å². The molecule has 1 amide bonds. The second kappa shape index (κ2) is 10.0. The van der Waals surface area contributed by atoms with Crippen molar-refractivity contribution in [2.75, 3.05) is 5.32 Å². The number of amides is 1. The van der Waals surface area contributed by atoms with E-state index in [-0.39, 0.29) is 22.2 Å². The van der Waals surface area contributed by atoms with Gasteiger partial charge in [-0.1, -0.05) is 32.0 Å². The van der Waals surface area contributed by atoms with Crippen molar-refractivity contribution in [2.24, 2.45) is 0 Å². The van der Waals surface area contributed by atoms with Gasteiger partial charge in [0.05, 0.1) is 16.1 Å². The Kier molecular flexibility index (Phi) is 7.46. The third kappa shape index (κ3) is 5.36. The van der Waals surface area contributed by atoms with E-state index in [9.17, 15) is 31.6 Å². The van der Waals surface area contributed by atoms with Gasteiger partial charge in [0.15, 0.2) is 0 Å². The zero-order valence-electron chi connectivity index (χ0n) is 20.0. The van der Waals surface area contributed by atoms with Gasteiger partial charge in [0, 0.05) is 24.0 Å². The molecule has 2 aromatic carbocycles. The summed E-state index contributed by atoms with van der Waals surface area (Å²) >= 11 is 0. The predicted molar refractivity (Wildman–Crippen MR) is 131 cm³/mol. The Balaban J connectivity index is 2.26. The van der Waals surface area contributed by atoms with Gasteiger partial charge in [-0.05, 0) is 60.9 Å². The van der Waals surface area contributed by atoms with Crippen molar-refractivity contribution >= 4 is 27.5 Å². The van der Waals surface area contributed by atoms with E-state index in [4.69, 9.17) is 0 Å². The van der Waals surface area contributed by atoms with Gasteiger partial charge in [-0.3, -0.25) is 4.79 Å². The minimum Gasteiger partial charge on any atom is -0.326 e. The number of sulfone groups is 1. The summed E-state index contributed by atoms with van der Waals surface area (Å²) in [6, 6.07) is 14.2. The normalized spacial score (nSPS) is 12.5. The molecule has 188 valence electrons. The molecule has 0 radical (unpaired) electrons. The number of anilines is 1. The van der Waals surface area contributed by atoms with Crippen molar-refractivity contribution < 1.29 is 26.4 Å². The van der Waals surface area contributed by atoms with Crippen LogP contribution in [0.5, 0.6) is 0 Å². The lowest BCUT2D eigenvalue weighted by molar-refractivity contribution is -0.137. The number of rotatable bonds is 6. The molecule has 0 fully saturated rings. The van der Waals surface area contributed by atoms with Crippen LogP contribution in [0, 0.1) is 18.3 Å². The maximum absolute atomic E-state index is 14.1. The third-order valence-corrected chi connectivity index (χ3v) is 7.19. The highest BCUT2D eigenvalue weighted by molar-refractivity contribution is 7.95. The van der Waals surface area contributed by atoms with Crippen molar-refractivity contribution in [1.82, 2.24) is 4.57 Å². The van der Waals surface area contributed by atoms with E-state index in [0.717, 1.165) is 6.07 Å². The molecule has 36 heavy (non-hydrogen) atoms. The number of aromatic nitrogens is 1. The van der Waals surface area contributed by atoms with E-state index in [1.807, 2.05) is 0 Å². The van der Waals surface area contributed by atoms with Gasteiger partial charge < -0.3 is 9.88 Å². The van der Waals surface area contributed by atoms with Crippen LogP contribution in [0.25, 0.3) is 11.8 Å². The monoisotopic (exact) mass is 515 g/mol. The standard InChI is InChI=1S/C26H24F3N3O3S/c1-16(2)25-13-19(12-22(15-30)36(34,35)21-8-6-5-7-9-21)17(3)32(25)24-11-10-20(31-18(4)33)14-23(24)26(27,28)29/h5-14,16H,1-4H3,(H,31,33)/b22-12+. The second-order valence-electron chi connectivity index (χ2n) is 8.45. The summed E-state index contributed by atoms with van der Waals surface area (Å²) in [5.74, 6) is -0.745. The number of carbonyl (C=O) groups excluding carboxylic acids is 1. The lowest BCUT2D eigenvalue weighted by Crippen LogP contribution is -2.15. The predicted octanol–water partition coefficient (Wildman–Crippen LogP) is 6.22. The Morgan fingerprint density at radius 3 is 2.28 bits per heavy atom. The smallest absolute Gasteiger partial charge is 0.326 e. The number of benzene rings is 2. The molecule has 0 aliphatic heterocycles. The maximum atomic E-state index is 14.1. The number of nitriles is 1. The molecule has 0 spiro atoms. The molecule has 3 aromatic rings. The lowest BCUT2D eigenvalue weighted by Gasteiger charge is -2.20. The molecule has 0 saturated carbocycles. The molecule has 0 atom stereocenters. The topological polar surface area (TPSA) is 92.0 Å². The summed E-state index contributed by atoms with van der Waals surface area (Å²) < 4.78 is 69.6. The van der Waals surface area contributed by atoms with Crippen LogP contribution in [0.2, 0.25) is 0 Å². The van der Waals surface area contributed by atoms with Gasteiger partial charge in [-0.15, -0.1) is 0 Å². The van der Waals surface area contributed by atoms with Crippen LogP contribution in [0.3, 0.4) is 0 Å². The number of allylic oxidation sites excluding steroid dienone is 1. The largest absolute Gasteiger partial charge is 0.418 e. The average Bonchev–Trinajstić information content (AvgIpc) is 3.13. The molecule has 1 heterocycles. The summed E-state index contributed by atoms with van der Waals surface area (Å²) in [5, 5.41) is 12.0. The molecule has 1 aromatic heterocycles. The number of alkyl halides is 3. The highest BCUT2D eigenvalue weighted by Crippen LogP contribution is 2.39. The molecule has 3 rings (SSSR count). The molecule has 1 N–H and O–H groups in total. The average molecular weight is 516 g/mol. The van der Waals surface area contributed by atoms with Gasteiger partial charge in [0.1, 0.15) is 11.0 Å². The minimum atomic E-state index is -4.74. The van der Waals surface area contributed by atoms with Crippen LogP contribution in [0.4, 0.5) is 18.9 Å². The fourth-order valence-corrected chi connectivity index (χ4v) is 4.99. The fourth-order valence-electron chi connectivity index (χ4n) is 3.82. The fraction of sp³-hybridized carbons (Fsp3) is 0.231. The molecule has 0 saturated heterocycles.